The Labute approximate surface area is 134 Å². The second kappa shape index (κ2) is 8.04. The van der Waals surface area contributed by atoms with E-state index in [2.05, 4.69) is 0 Å². The minimum absolute atomic E-state index is 0.108. The van der Waals surface area contributed by atoms with E-state index in [0.29, 0.717) is 19.4 Å². The molecular formula is C16H33N3O3. The Morgan fingerprint density at radius 3 is 1.95 bits per heavy atom. The van der Waals surface area contributed by atoms with Gasteiger partial charge >= 0.3 is 5.97 Å². The van der Waals surface area contributed by atoms with Crippen LogP contribution in [-0.4, -0.2) is 36.0 Å². The quantitative estimate of drug-likeness (QED) is 0.573. The molecule has 0 spiro atoms. The van der Waals surface area contributed by atoms with Crippen molar-refractivity contribution in [2.75, 3.05) is 6.54 Å². The summed E-state index contributed by atoms with van der Waals surface area (Å²) in [5.74, 6) is -1.17. The van der Waals surface area contributed by atoms with Crippen LogP contribution in [0.4, 0.5) is 0 Å². The molecule has 0 aromatic carbocycles. The molecule has 0 radical (unpaired) electrons. The molecule has 0 aromatic rings. The van der Waals surface area contributed by atoms with E-state index in [-0.39, 0.29) is 5.78 Å². The zero-order chi connectivity index (χ0) is 17.7. The molecule has 0 bridgehead atoms. The lowest BCUT2D eigenvalue weighted by Gasteiger charge is -2.42. The Kier molecular flexibility index (Phi) is 7.68. The monoisotopic (exact) mass is 315 g/mol. The lowest BCUT2D eigenvalue weighted by atomic mass is 9.68. The van der Waals surface area contributed by atoms with Crippen molar-refractivity contribution >= 4 is 11.8 Å². The number of hydrogen-bond donors (Lipinski definition) is 3. The van der Waals surface area contributed by atoms with Crippen LogP contribution in [0.3, 0.4) is 0 Å². The van der Waals surface area contributed by atoms with Crippen molar-refractivity contribution in [3.63, 3.8) is 0 Å². The first kappa shape index (κ1) is 21.0. The smallest absolute Gasteiger partial charge is 0.323 e. The maximum absolute atomic E-state index is 12.8. The fraction of sp³-hybridized carbons (Fsp3) is 0.875. The topological polar surface area (TPSA) is 121 Å². The molecule has 6 heteroatoms. The molecule has 1 unspecified atom stereocenters. The highest BCUT2D eigenvalue weighted by atomic mass is 16.6. The van der Waals surface area contributed by atoms with Crippen molar-refractivity contribution in [1.29, 1.82) is 0 Å². The highest BCUT2D eigenvalue weighted by Gasteiger charge is 2.47. The van der Waals surface area contributed by atoms with Crippen LogP contribution in [0, 0.1) is 11.3 Å². The molecule has 22 heavy (non-hydrogen) atoms. The molecule has 0 aliphatic carbocycles. The van der Waals surface area contributed by atoms with Crippen LogP contribution in [0.1, 0.15) is 54.4 Å². The van der Waals surface area contributed by atoms with E-state index in [1.807, 2.05) is 20.8 Å². The van der Waals surface area contributed by atoms with Gasteiger partial charge < -0.3 is 21.9 Å². The Hall–Kier alpha value is -0.980. The van der Waals surface area contributed by atoms with E-state index in [4.69, 9.17) is 21.9 Å². The van der Waals surface area contributed by atoms with Crippen LogP contribution in [0.5, 0.6) is 0 Å². The standard InChI is InChI=1S/C16H33N3O3/c1-10(18)14(21)22-16(5,6)13(15(2,3)4)12(20)11(19)8-7-9-17/h10-11,13H,7-9,17-19H2,1-6H3/t10-,11+,13?/m0/s1. The van der Waals surface area contributed by atoms with Gasteiger partial charge in [0.05, 0.1) is 12.0 Å². The maximum Gasteiger partial charge on any atom is 0.323 e. The van der Waals surface area contributed by atoms with Crippen LogP contribution in [-0.2, 0) is 14.3 Å². The maximum atomic E-state index is 12.8. The fourth-order valence-electron chi connectivity index (χ4n) is 2.92. The summed E-state index contributed by atoms with van der Waals surface area (Å²) in [5.41, 5.74) is 15.7. The van der Waals surface area contributed by atoms with Gasteiger partial charge in [-0.15, -0.1) is 0 Å². The third-order valence-electron chi connectivity index (χ3n) is 3.67. The summed E-state index contributed by atoms with van der Waals surface area (Å²) in [6.45, 7) is 11.3. The molecule has 0 aliphatic heterocycles. The van der Waals surface area contributed by atoms with E-state index in [1.54, 1.807) is 20.8 Å². The van der Waals surface area contributed by atoms with Crippen molar-refractivity contribution in [3.05, 3.63) is 0 Å². The third kappa shape index (κ3) is 6.02. The minimum Gasteiger partial charge on any atom is -0.458 e. The summed E-state index contributed by atoms with van der Waals surface area (Å²) in [4.78, 5) is 24.7. The number of hydrogen-bond acceptors (Lipinski definition) is 6. The predicted octanol–water partition coefficient (Wildman–Crippen LogP) is 0.953. The molecule has 0 fully saturated rings. The average Bonchev–Trinajstić information content (AvgIpc) is 2.32. The first-order valence-electron chi connectivity index (χ1n) is 7.82. The molecule has 0 aliphatic rings. The number of esters is 1. The first-order valence-corrected chi connectivity index (χ1v) is 7.82. The molecule has 0 rings (SSSR count). The zero-order valence-electron chi connectivity index (χ0n) is 14.8. The number of ether oxygens (including phenoxy) is 1. The molecule has 0 heterocycles. The van der Waals surface area contributed by atoms with Gasteiger partial charge in [-0.1, -0.05) is 20.8 Å². The third-order valence-corrected chi connectivity index (χ3v) is 3.67. The normalized spacial score (nSPS) is 16.8. The van der Waals surface area contributed by atoms with Gasteiger partial charge in [0.25, 0.3) is 0 Å². The summed E-state index contributed by atoms with van der Waals surface area (Å²) in [5, 5.41) is 0. The van der Waals surface area contributed by atoms with E-state index in [9.17, 15) is 9.59 Å². The Bertz CT molecular complexity index is 387. The summed E-state index contributed by atoms with van der Waals surface area (Å²) in [6.07, 6.45) is 1.21. The average molecular weight is 315 g/mol. The number of carbonyl (C=O) groups is 2. The van der Waals surface area contributed by atoms with Gasteiger partial charge in [0.15, 0.2) is 5.78 Å². The van der Waals surface area contributed by atoms with Gasteiger partial charge in [-0.05, 0) is 45.6 Å². The second-order valence-electron chi connectivity index (χ2n) is 7.55. The van der Waals surface area contributed by atoms with E-state index < -0.39 is 35.0 Å². The highest BCUT2D eigenvalue weighted by molar-refractivity contribution is 5.88. The minimum atomic E-state index is -0.986. The van der Waals surface area contributed by atoms with Gasteiger partial charge in [0.1, 0.15) is 11.6 Å². The van der Waals surface area contributed by atoms with Crippen molar-refractivity contribution in [1.82, 2.24) is 0 Å². The van der Waals surface area contributed by atoms with Gasteiger partial charge in [-0.25, -0.2) is 0 Å². The molecule has 0 saturated carbocycles. The number of ketones is 1. The fourth-order valence-corrected chi connectivity index (χ4v) is 2.92. The zero-order valence-corrected chi connectivity index (χ0v) is 14.8. The molecule has 6 N–H and O–H groups in total. The summed E-state index contributed by atoms with van der Waals surface area (Å²) in [7, 11) is 0. The SMILES string of the molecule is C[C@H](N)C(=O)OC(C)(C)C(C(=O)[C@H](N)CCCN)C(C)(C)C. The molecule has 130 valence electrons. The van der Waals surface area contributed by atoms with Gasteiger partial charge in [0, 0.05) is 0 Å². The Balaban J connectivity index is 5.36. The van der Waals surface area contributed by atoms with Crippen LogP contribution in [0.25, 0.3) is 0 Å². The molecule has 0 aromatic heterocycles. The Morgan fingerprint density at radius 1 is 1.09 bits per heavy atom. The Morgan fingerprint density at radius 2 is 1.59 bits per heavy atom. The summed E-state index contributed by atoms with van der Waals surface area (Å²) < 4.78 is 5.50. The largest absolute Gasteiger partial charge is 0.458 e. The van der Waals surface area contributed by atoms with Gasteiger partial charge in [-0.3, -0.25) is 9.59 Å². The molecule has 3 atom stereocenters. The van der Waals surface area contributed by atoms with Crippen LogP contribution >= 0.6 is 0 Å². The summed E-state index contributed by atoms with van der Waals surface area (Å²) >= 11 is 0. The van der Waals surface area contributed by atoms with Crippen molar-refractivity contribution in [2.45, 2.75) is 72.1 Å². The van der Waals surface area contributed by atoms with Crippen molar-refractivity contribution in [3.8, 4) is 0 Å². The molecular weight excluding hydrogens is 282 g/mol. The van der Waals surface area contributed by atoms with Gasteiger partial charge in [-0.2, -0.15) is 0 Å². The summed E-state index contributed by atoms with van der Waals surface area (Å²) in [6, 6.07) is -1.35. The van der Waals surface area contributed by atoms with E-state index >= 15 is 0 Å². The lowest BCUT2D eigenvalue weighted by Crippen LogP contribution is -2.53. The molecule has 0 amide bonds. The first-order chi connectivity index (χ1) is 9.84. The van der Waals surface area contributed by atoms with E-state index in [0.717, 1.165) is 0 Å². The number of carbonyl (C=O) groups excluding carboxylic acids is 2. The number of rotatable bonds is 8. The van der Waals surface area contributed by atoms with E-state index in [1.165, 1.54) is 0 Å². The highest BCUT2D eigenvalue weighted by Crippen LogP contribution is 2.38. The van der Waals surface area contributed by atoms with Crippen LogP contribution in [0.2, 0.25) is 0 Å². The van der Waals surface area contributed by atoms with Crippen LogP contribution in [0.15, 0.2) is 0 Å². The van der Waals surface area contributed by atoms with Crippen molar-refractivity contribution in [2.24, 2.45) is 28.5 Å². The lowest BCUT2D eigenvalue weighted by molar-refractivity contribution is -0.170. The van der Waals surface area contributed by atoms with Crippen molar-refractivity contribution < 1.29 is 14.3 Å². The number of Topliss-reactive ketones (excluding diaryl/α,β-unsaturated/α-hetero) is 1. The molecule has 0 saturated heterocycles. The molecule has 6 nitrogen and oxygen atoms in total. The predicted molar refractivity (Wildman–Crippen MR) is 88.0 cm³/mol. The number of nitrogens with two attached hydrogens (primary N) is 3. The second-order valence-corrected chi connectivity index (χ2v) is 7.55. The van der Waals surface area contributed by atoms with Crippen LogP contribution < -0.4 is 17.2 Å². The van der Waals surface area contributed by atoms with Gasteiger partial charge in [0.2, 0.25) is 0 Å².